The number of carbonyl (C=O) groups is 1. The van der Waals surface area contributed by atoms with Gasteiger partial charge in [0.25, 0.3) is 10.2 Å². The largest absolute Gasteiger partial charge is 0.468 e. The number of piperidine rings is 1. The van der Waals surface area contributed by atoms with Crippen molar-refractivity contribution in [2.45, 2.75) is 52.0 Å². The van der Waals surface area contributed by atoms with Gasteiger partial charge in [0.2, 0.25) is 0 Å². The molecule has 0 bridgehead atoms. The van der Waals surface area contributed by atoms with Crippen LogP contribution >= 0.6 is 0 Å². The van der Waals surface area contributed by atoms with Crippen LogP contribution in [-0.4, -0.2) is 44.4 Å². The molecule has 0 spiro atoms. The summed E-state index contributed by atoms with van der Waals surface area (Å²) in [7, 11) is -2.40. The molecule has 6 nitrogen and oxygen atoms in total. The lowest BCUT2D eigenvalue weighted by Gasteiger charge is -2.34. The van der Waals surface area contributed by atoms with E-state index in [9.17, 15) is 13.2 Å². The van der Waals surface area contributed by atoms with Gasteiger partial charge in [0.1, 0.15) is 5.54 Å². The Bertz CT molecular complexity index is 438. The SMILES string of the molecule is CCCC(C)(NS(=O)(=O)N1CCCC(C)C1)C(=O)OC. The summed E-state index contributed by atoms with van der Waals surface area (Å²) in [6.45, 7) is 6.51. The third-order valence-corrected chi connectivity index (χ3v) is 5.42. The van der Waals surface area contributed by atoms with E-state index in [2.05, 4.69) is 4.72 Å². The van der Waals surface area contributed by atoms with Crippen molar-refractivity contribution >= 4 is 16.2 Å². The van der Waals surface area contributed by atoms with Crippen molar-refractivity contribution < 1.29 is 17.9 Å². The molecule has 0 aromatic rings. The van der Waals surface area contributed by atoms with Crippen molar-refractivity contribution in [3.05, 3.63) is 0 Å². The van der Waals surface area contributed by atoms with Crippen molar-refractivity contribution in [1.29, 1.82) is 0 Å². The lowest BCUT2D eigenvalue weighted by molar-refractivity contribution is -0.147. The number of carbonyl (C=O) groups excluding carboxylic acids is 1. The molecule has 2 atom stereocenters. The Hall–Kier alpha value is -0.660. The zero-order valence-corrected chi connectivity index (χ0v) is 13.6. The highest BCUT2D eigenvalue weighted by molar-refractivity contribution is 7.87. The van der Waals surface area contributed by atoms with Gasteiger partial charge in [-0.1, -0.05) is 20.3 Å². The molecule has 20 heavy (non-hydrogen) atoms. The van der Waals surface area contributed by atoms with Crippen LogP contribution in [0.1, 0.15) is 46.5 Å². The summed E-state index contributed by atoms with van der Waals surface area (Å²) in [6.07, 6.45) is 2.98. The minimum atomic E-state index is -3.67. The van der Waals surface area contributed by atoms with Crippen molar-refractivity contribution in [3.63, 3.8) is 0 Å². The van der Waals surface area contributed by atoms with E-state index in [1.54, 1.807) is 6.92 Å². The zero-order chi connectivity index (χ0) is 15.4. The van der Waals surface area contributed by atoms with Crippen LogP contribution in [0.25, 0.3) is 0 Å². The van der Waals surface area contributed by atoms with E-state index >= 15 is 0 Å². The first-order chi connectivity index (χ1) is 9.25. The molecule has 0 saturated carbocycles. The number of ether oxygens (including phenoxy) is 1. The van der Waals surface area contributed by atoms with Crippen LogP contribution < -0.4 is 4.72 Å². The first-order valence-corrected chi connectivity index (χ1v) is 8.56. The number of esters is 1. The molecule has 0 aromatic carbocycles. The van der Waals surface area contributed by atoms with E-state index in [4.69, 9.17) is 4.74 Å². The third-order valence-electron chi connectivity index (χ3n) is 3.70. The van der Waals surface area contributed by atoms with E-state index in [-0.39, 0.29) is 0 Å². The van der Waals surface area contributed by atoms with Crippen molar-refractivity contribution in [3.8, 4) is 0 Å². The Labute approximate surface area is 122 Å². The second-order valence-electron chi connectivity index (χ2n) is 5.79. The summed E-state index contributed by atoms with van der Waals surface area (Å²) in [4.78, 5) is 11.9. The van der Waals surface area contributed by atoms with Crippen molar-refractivity contribution in [1.82, 2.24) is 9.03 Å². The van der Waals surface area contributed by atoms with Crippen LogP contribution in [0.2, 0.25) is 0 Å². The number of methoxy groups -OCH3 is 1. The number of nitrogens with one attached hydrogen (secondary N) is 1. The molecule has 1 heterocycles. The molecule has 1 aliphatic rings. The minimum Gasteiger partial charge on any atom is -0.468 e. The first kappa shape index (κ1) is 17.4. The lowest BCUT2D eigenvalue weighted by Crippen LogP contribution is -2.57. The van der Waals surface area contributed by atoms with E-state index in [1.807, 2.05) is 13.8 Å². The van der Waals surface area contributed by atoms with Gasteiger partial charge < -0.3 is 4.74 Å². The Balaban J connectivity index is 2.88. The zero-order valence-electron chi connectivity index (χ0n) is 12.8. The Morgan fingerprint density at radius 2 is 2.15 bits per heavy atom. The topological polar surface area (TPSA) is 75.7 Å². The summed E-state index contributed by atoms with van der Waals surface area (Å²) in [5, 5.41) is 0. The maximum absolute atomic E-state index is 12.4. The first-order valence-electron chi connectivity index (χ1n) is 7.12. The minimum absolute atomic E-state index is 0.343. The fraction of sp³-hybridized carbons (Fsp3) is 0.923. The number of nitrogens with zero attached hydrogens (tertiary/aromatic N) is 1. The highest BCUT2D eigenvalue weighted by Crippen LogP contribution is 2.21. The van der Waals surface area contributed by atoms with Gasteiger partial charge in [-0.15, -0.1) is 0 Å². The summed E-state index contributed by atoms with van der Waals surface area (Å²) in [6, 6.07) is 0. The molecule has 0 radical (unpaired) electrons. The Kier molecular flexibility index (Phi) is 5.97. The predicted molar refractivity (Wildman–Crippen MR) is 77.4 cm³/mol. The van der Waals surface area contributed by atoms with Gasteiger partial charge >= 0.3 is 5.97 Å². The third kappa shape index (κ3) is 4.17. The predicted octanol–water partition coefficient (Wildman–Crippen LogP) is 1.28. The fourth-order valence-electron chi connectivity index (χ4n) is 2.63. The molecule has 2 unspecified atom stereocenters. The molecule has 1 N–H and O–H groups in total. The second-order valence-corrected chi connectivity index (χ2v) is 7.46. The van der Waals surface area contributed by atoms with Gasteiger partial charge in [-0.25, -0.2) is 0 Å². The fourth-order valence-corrected chi connectivity index (χ4v) is 4.34. The summed E-state index contributed by atoms with van der Waals surface area (Å²) >= 11 is 0. The Morgan fingerprint density at radius 3 is 2.65 bits per heavy atom. The van der Waals surface area contributed by atoms with E-state index in [1.165, 1.54) is 11.4 Å². The van der Waals surface area contributed by atoms with Gasteiger partial charge in [-0.2, -0.15) is 17.4 Å². The molecule has 0 amide bonds. The van der Waals surface area contributed by atoms with Crippen LogP contribution in [0.15, 0.2) is 0 Å². The molecule has 0 aliphatic carbocycles. The molecule has 1 fully saturated rings. The summed E-state index contributed by atoms with van der Waals surface area (Å²) in [5.41, 5.74) is -1.21. The maximum atomic E-state index is 12.4. The molecule has 1 saturated heterocycles. The molecule has 7 heteroatoms. The van der Waals surface area contributed by atoms with Gasteiger partial charge in [-0.3, -0.25) is 4.79 Å². The van der Waals surface area contributed by atoms with Crippen LogP contribution in [0.4, 0.5) is 0 Å². The molecular formula is C13H26N2O4S. The molecule has 1 rings (SSSR count). The molecule has 0 aromatic heterocycles. The quantitative estimate of drug-likeness (QED) is 0.750. The van der Waals surface area contributed by atoms with E-state index < -0.39 is 21.7 Å². The van der Waals surface area contributed by atoms with E-state index in [0.717, 1.165) is 12.8 Å². The van der Waals surface area contributed by atoms with Crippen LogP contribution in [0, 0.1) is 5.92 Å². The van der Waals surface area contributed by atoms with E-state index in [0.29, 0.717) is 31.8 Å². The smallest absolute Gasteiger partial charge is 0.326 e. The number of hydrogen-bond acceptors (Lipinski definition) is 4. The van der Waals surface area contributed by atoms with Crippen LogP contribution in [0.5, 0.6) is 0 Å². The number of hydrogen-bond donors (Lipinski definition) is 1. The van der Waals surface area contributed by atoms with Crippen molar-refractivity contribution in [2.24, 2.45) is 5.92 Å². The lowest BCUT2D eigenvalue weighted by atomic mass is 9.98. The van der Waals surface area contributed by atoms with Crippen molar-refractivity contribution in [2.75, 3.05) is 20.2 Å². The van der Waals surface area contributed by atoms with Crippen LogP contribution in [-0.2, 0) is 19.7 Å². The molecule has 1 aliphatic heterocycles. The Morgan fingerprint density at radius 1 is 1.50 bits per heavy atom. The highest BCUT2D eigenvalue weighted by atomic mass is 32.2. The van der Waals surface area contributed by atoms with Crippen LogP contribution in [0.3, 0.4) is 0 Å². The standard InChI is InChI=1S/C13H26N2O4S/c1-5-8-13(3,12(16)19-4)14-20(17,18)15-9-6-7-11(2)10-15/h11,14H,5-10H2,1-4H3. The normalized spacial score (nSPS) is 24.1. The number of rotatable bonds is 6. The summed E-state index contributed by atoms with van der Waals surface area (Å²) in [5.74, 6) is -0.205. The average molecular weight is 306 g/mol. The molecule has 118 valence electrons. The van der Waals surface area contributed by atoms with Gasteiger partial charge in [-0.05, 0) is 32.1 Å². The van der Waals surface area contributed by atoms with Gasteiger partial charge in [0.05, 0.1) is 7.11 Å². The van der Waals surface area contributed by atoms with Gasteiger partial charge in [0, 0.05) is 13.1 Å². The average Bonchev–Trinajstić information content (AvgIpc) is 2.37. The monoisotopic (exact) mass is 306 g/mol. The molecular weight excluding hydrogens is 280 g/mol. The van der Waals surface area contributed by atoms with Gasteiger partial charge in [0.15, 0.2) is 0 Å². The summed E-state index contributed by atoms with van der Waals surface area (Å²) < 4.78 is 33.6. The second kappa shape index (κ2) is 6.87. The maximum Gasteiger partial charge on any atom is 0.326 e. The highest BCUT2D eigenvalue weighted by Gasteiger charge is 2.40.